The number of ether oxygens (including phenoxy) is 2. The number of pyridine rings is 1. The van der Waals surface area contributed by atoms with E-state index < -0.39 is 35.8 Å². The van der Waals surface area contributed by atoms with Crippen LogP contribution in [-0.4, -0.2) is 94.8 Å². The van der Waals surface area contributed by atoms with Crippen molar-refractivity contribution < 1.29 is 46.9 Å². The molecule has 3 amide bonds. The Labute approximate surface area is 332 Å². The van der Waals surface area contributed by atoms with Crippen LogP contribution in [0, 0.1) is 11.8 Å². The van der Waals surface area contributed by atoms with Crippen LogP contribution in [0.1, 0.15) is 52.0 Å². The number of rotatable bonds is 10. The molecule has 6 N–H and O–H groups in total. The summed E-state index contributed by atoms with van der Waals surface area (Å²) in [6.45, 7) is 8.93. The molecule has 1 saturated carbocycles. The SMILES string of the molecule is CC(C)(C)OC(=O)NCC1CCC(C(=O)N(c2ccc3c(=O)[nH][nH]c3c2)[C@@H](Cc2ccc(-c3ccc(N4CCOCC4)nc3)cc2)C(N)=O)CC1.O=C(O)C(F)(F)F. The first-order valence-corrected chi connectivity index (χ1v) is 18.9. The van der Waals surface area contributed by atoms with E-state index in [1.54, 1.807) is 18.2 Å². The number of hydrogen-bond donors (Lipinski definition) is 5. The fourth-order valence-corrected chi connectivity index (χ4v) is 6.90. The maximum atomic E-state index is 14.4. The number of carbonyl (C=O) groups excluding carboxylic acids is 3. The van der Waals surface area contributed by atoms with Crippen molar-refractivity contribution >= 4 is 46.3 Å². The number of nitrogens with two attached hydrogens (primary N) is 1. The van der Waals surface area contributed by atoms with Gasteiger partial charge in [-0.1, -0.05) is 24.3 Å². The van der Waals surface area contributed by atoms with Gasteiger partial charge in [-0.2, -0.15) is 13.2 Å². The monoisotopic (exact) mass is 811 g/mol. The quantitative estimate of drug-likeness (QED) is 0.142. The number of anilines is 2. The number of carboxylic acids is 1. The number of benzene rings is 2. The molecule has 2 fully saturated rings. The summed E-state index contributed by atoms with van der Waals surface area (Å²) in [6.07, 6.45) is -0.830. The summed E-state index contributed by atoms with van der Waals surface area (Å²) in [4.78, 5) is 69.4. The minimum absolute atomic E-state index is 0.197. The number of nitrogens with zero attached hydrogens (tertiary/aromatic N) is 3. The fourth-order valence-electron chi connectivity index (χ4n) is 6.90. The van der Waals surface area contributed by atoms with Crippen molar-refractivity contribution in [2.75, 3.05) is 42.6 Å². The molecular weight excluding hydrogens is 763 g/mol. The predicted molar refractivity (Wildman–Crippen MR) is 209 cm³/mol. The number of halogens is 3. The Kier molecular flexibility index (Phi) is 13.8. The van der Waals surface area contributed by atoms with Gasteiger partial charge in [0.05, 0.1) is 24.1 Å². The van der Waals surface area contributed by atoms with Crippen LogP contribution in [0.2, 0.25) is 0 Å². The van der Waals surface area contributed by atoms with Crippen molar-refractivity contribution in [1.29, 1.82) is 0 Å². The molecule has 312 valence electrons. The zero-order valence-corrected chi connectivity index (χ0v) is 32.4. The molecule has 2 aromatic carbocycles. The van der Waals surface area contributed by atoms with E-state index in [9.17, 15) is 32.3 Å². The lowest BCUT2D eigenvalue weighted by Crippen LogP contribution is -2.52. The Morgan fingerprint density at radius 1 is 0.983 bits per heavy atom. The summed E-state index contributed by atoms with van der Waals surface area (Å²) in [5, 5.41) is 15.9. The molecule has 58 heavy (non-hydrogen) atoms. The van der Waals surface area contributed by atoms with Gasteiger partial charge in [0, 0.05) is 49.4 Å². The predicted octanol–water partition coefficient (Wildman–Crippen LogP) is 5.15. The number of alkyl carbamates (subject to hydrolysis) is 1. The Hall–Kier alpha value is -5.91. The number of aliphatic carboxylic acids is 1. The molecule has 1 saturated heterocycles. The number of fused-ring (bicyclic) bond motifs is 1. The third-order valence-electron chi connectivity index (χ3n) is 9.89. The topological polar surface area (TPSA) is 213 Å². The summed E-state index contributed by atoms with van der Waals surface area (Å²) in [7, 11) is 0. The van der Waals surface area contributed by atoms with Crippen molar-refractivity contribution in [3.63, 3.8) is 0 Å². The first kappa shape index (κ1) is 43.2. The average molecular weight is 812 g/mol. The molecule has 0 bridgehead atoms. The number of hydrogen-bond acceptors (Lipinski definition) is 9. The van der Waals surface area contributed by atoms with E-state index >= 15 is 0 Å². The molecule has 1 atom stereocenters. The summed E-state index contributed by atoms with van der Waals surface area (Å²) in [5.41, 5.74) is 8.99. The van der Waals surface area contributed by atoms with E-state index in [0.29, 0.717) is 49.2 Å². The standard InChI is InChI=1S/C38H47N7O6.C2HF3O2/c1-38(2,3)51-37(49)41-22-25-6-10-27(11-7-25)36(48)45(29-13-14-30-31(21-29)42-43-35(30)47)32(34(39)46)20-24-4-8-26(9-5-24)28-12-15-33(40-23-28)44-16-18-50-19-17-44;3-2(4,5)1(6)7/h4-5,8-9,12-15,21,23,25,27,32H,6-7,10-11,16-20,22H2,1-3H3,(H2,39,46)(H,41,49)(H2,42,43,47);(H,6,7)/t25?,27?,32-;/m0./s1. The second-order valence-corrected chi connectivity index (χ2v) is 15.2. The highest BCUT2D eigenvalue weighted by Crippen LogP contribution is 2.33. The smallest absolute Gasteiger partial charge is 0.475 e. The lowest BCUT2D eigenvalue weighted by molar-refractivity contribution is -0.192. The van der Waals surface area contributed by atoms with E-state index in [1.165, 1.54) is 4.90 Å². The van der Waals surface area contributed by atoms with Gasteiger partial charge in [0.2, 0.25) is 11.8 Å². The highest BCUT2D eigenvalue weighted by atomic mass is 19.4. The normalized spacial score (nSPS) is 17.7. The van der Waals surface area contributed by atoms with Crippen LogP contribution >= 0.6 is 0 Å². The van der Waals surface area contributed by atoms with Gasteiger partial charge in [-0.3, -0.25) is 29.5 Å². The Morgan fingerprint density at radius 3 is 2.19 bits per heavy atom. The molecule has 1 aliphatic carbocycles. The van der Waals surface area contributed by atoms with Gasteiger partial charge in [-0.25, -0.2) is 14.6 Å². The highest BCUT2D eigenvalue weighted by Gasteiger charge is 2.38. The maximum absolute atomic E-state index is 14.4. The van der Waals surface area contributed by atoms with Crippen LogP contribution in [0.4, 0.5) is 29.5 Å². The summed E-state index contributed by atoms with van der Waals surface area (Å²) < 4.78 is 42.6. The summed E-state index contributed by atoms with van der Waals surface area (Å²) >= 11 is 0. The van der Waals surface area contributed by atoms with Crippen molar-refractivity contribution in [3.8, 4) is 11.1 Å². The molecule has 18 heteroatoms. The molecule has 0 radical (unpaired) electrons. The van der Waals surface area contributed by atoms with Crippen molar-refractivity contribution in [2.24, 2.45) is 17.6 Å². The third kappa shape index (κ3) is 11.6. The molecule has 0 spiro atoms. The Morgan fingerprint density at radius 2 is 1.62 bits per heavy atom. The van der Waals surface area contributed by atoms with Gasteiger partial charge in [0.15, 0.2) is 0 Å². The van der Waals surface area contributed by atoms with Crippen molar-refractivity contribution in [3.05, 3.63) is 76.7 Å². The second-order valence-electron chi connectivity index (χ2n) is 15.2. The third-order valence-corrected chi connectivity index (χ3v) is 9.89. The number of morpholine rings is 1. The van der Waals surface area contributed by atoms with Gasteiger partial charge in [0.25, 0.3) is 5.56 Å². The largest absolute Gasteiger partial charge is 0.490 e. The minimum atomic E-state index is -5.08. The van der Waals surface area contributed by atoms with Crippen molar-refractivity contribution in [1.82, 2.24) is 20.5 Å². The molecule has 3 heterocycles. The van der Waals surface area contributed by atoms with E-state index in [1.807, 2.05) is 63.4 Å². The van der Waals surface area contributed by atoms with E-state index in [2.05, 4.69) is 25.4 Å². The van der Waals surface area contributed by atoms with Crippen LogP contribution in [0.3, 0.4) is 0 Å². The summed E-state index contributed by atoms with van der Waals surface area (Å²) in [6, 6.07) is 16.0. The molecule has 6 rings (SSSR count). The number of primary amides is 1. The van der Waals surface area contributed by atoms with Gasteiger partial charge in [-0.15, -0.1) is 0 Å². The number of H-pyrrole nitrogens is 2. The van der Waals surface area contributed by atoms with Gasteiger partial charge in [-0.05, 0) is 93.8 Å². The molecule has 2 aliphatic rings. The molecule has 0 unspecified atom stereocenters. The van der Waals surface area contributed by atoms with E-state index in [-0.39, 0.29) is 29.7 Å². The minimum Gasteiger partial charge on any atom is -0.475 e. The highest BCUT2D eigenvalue weighted by molar-refractivity contribution is 6.03. The maximum Gasteiger partial charge on any atom is 0.490 e. The molecule has 1 aliphatic heterocycles. The zero-order valence-electron chi connectivity index (χ0n) is 32.4. The first-order valence-electron chi connectivity index (χ1n) is 18.9. The van der Waals surface area contributed by atoms with Crippen LogP contribution < -0.4 is 26.4 Å². The lowest BCUT2D eigenvalue weighted by Gasteiger charge is -2.36. The Balaban J connectivity index is 0.000000839. The van der Waals surface area contributed by atoms with Crippen LogP contribution in [0.25, 0.3) is 22.0 Å². The number of carboxylic acid groups (broad SMARTS) is 1. The lowest BCUT2D eigenvalue weighted by atomic mass is 9.81. The Bertz CT molecular complexity index is 2100. The second kappa shape index (κ2) is 18.6. The first-order chi connectivity index (χ1) is 27.4. The van der Waals surface area contributed by atoms with Gasteiger partial charge in [0.1, 0.15) is 17.5 Å². The van der Waals surface area contributed by atoms with Crippen molar-refractivity contribution in [2.45, 2.75) is 70.7 Å². The van der Waals surface area contributed by atoms with E-state index in [4.69, 9.17) is 25.1 Å². The fraction of sp³-hybridized carbons (Fsp3) is 0.450. The molecule has 2 aromatic heterocycles. The number of carbonyl (C=O) groups is 4. The molecular formula is C40H48F3N7O8. The average Bonchev–Trinajstić information content (AvgIpc) is 3.56. The van der Waals surface area contributed by atoms with Crippen LogP contribution in [-0.2, 0) is 30.3 Å². The van der Waals surface area contributed by atoms with Gasteiger partial charge < -0.3 is 30.5 Å². The number of alkyl halides is 3. The molecule has 4 aromatic rings. The zero-order chi connectivity index (χ0) is 42.2. The summed E-state index contributed by atoms with van der Waals surface area (Å²) in [5.74, 6) is -2.81. The van der Waals surface area contributed by atoms with E-state index in [0.717, 1.165) is 48.4 Å². The number of aromatic amines is 2. The van der Waals surface area contributed by atoms with Crippen LogP contribution in [0.5, 0.6) is 0 Å². The number of aromatic nitrogens is 3. The van der Waals surface area contributed by atoms with Gasteiger partial charge >= 0.3 is 18.2 Å². The number of amides is 3. The number of nitrogens with one attached hydrogen (secondary N) is 3. The molecule has 15 nitrogen and oxygen atoms in total. The van der Waals surface area contributed by atoms with Crippen LogP contribution in [0.15, 0.2) is 65.6 Å².